The van der Waals surface area contributed by atoms with Gasteiger partial charge in [-0.05, 0) is 19.1 Å². The van der Waals surface area contributed by atoms with Crippen LogP contribution in [0, 0.1) is 12.8 Å². The first-order valence-electron chi connectivity index (χ1n) is 7.77. The Kier molecular flexibility index (Phi) is 4.89. The summed E-state index contributed by atoms with van der Waals surface area (Å²) in [7, 11) is 3.10. The predicted molar refractivity (Wildman–Crippen MR) is 95.5 cm³/mol. The van der Waals surface area contributed by atoms with Crippen molar-refractivity contribution in [2.45, 2.75) is 13.3 Å². The number of benzene rings is 1. The Balaban J connectivity index is 1.77. The van der Waals surface area contributed by atoms with Crippen LogP contribution >= 0.6 is 11.3 Å². The summed E-state index contributed by atoms with van der Waals surface area (Å²) in [5, 5.41) is 5.19. The van der Waals surface area contributed by atoms with Crippen molar-refractivity contribution < 1.29 is 19.1 Å². The smallest absolute Gasteiger partial charge is 0.231 e. The number of aromatic nitrogens is 1. The fourth-order valence-electron chi connectivity index (χ4n) is 2.74. The lowest BCUT2D eigenvalue weighted by Gasteiger charge is -2.20. The summed E-state index contributed by atoms with van der Waals surface area (Å²) < 4.78 is 10.6. The van der Waals surface area contributed by atoms with E-state index in [2.05, 4.69) is 10.3 Å². The largest absolute Gasteiger partial charge is 0.497 e. The second-order valence-electron chi connectivity index (χ2n) is 5.73. The number of thiazole rings is 1. The summed E-state index contributed by atoms with van der Waals surface area (Å²) in [5.74, 6) is 0.419. The van der Waals surface area contributed by atoms with Gasteiger partial charge in [0.15, 0.2) is 5.13 Å². The number of aryl methyl sites for hydroxylation is 1. The molecule has 2 amide bonds. The average Bonchev–Trinajstić information content (AvgIpc) is 3.19. The number of ether oxygens (including phenoxy) is 2. The zero-order valence-corrected chi connectivity index (χ0v) is 15.1. The number of carbonyl (C=O) groups is 2. The molecule has 1 atom stereocenters. The number of amides is 2. The van der Waals surface area contributed by atoms with E-state index < -0.39 is 5.92 Å². The number of rotatable bonds is 5. The molecule has 1 saturated heterocycles. The number of nitrogens with one attached hydrogen (secondary N) is 1. The number of hydrogen-bond donors (Lipinski definition) is 1. The lowest BCUT2D eigenvalue weighted by atomic mass is 10.1. The van der Waals surface area contributed by atoms with Crippen molar-refractivity contribution in [3.63, 3.8) is 0 Å². The fraction of sp³-hybridized carbons (Fsp3) is 0.353. The van der Waals surface area contributed by atoms with Crippen LogP contribution in [0.25, 0.3) is 0 Å². The number of nitrogens with zero attached hydrogens (tertiary/aromatic N) is 2. The number of methoxy groups -OCH3 is 2. The van der Waals surface area contributed by atoms with E-state index in [9.17, 15) is 9.59 Å². The lowest BCUT2D eigenvalue weighted by Crippen LogP contribution is -2.28. The van der Waals surface area contributed by atoms with E-state index in [1.807, 2.05) is 12.3 Å². The van der Waals surface area contributed by atoms with Gasteiger partial charge in [0, 0.05) is 24.4 Å². The molecule has 1 aliphatic rings. The van der Waals surface area contributed by atoms with Crippen LogP contribution in [0.5, 0.6) is 11.5 Å². The summed E-state index contributed by atoms with van der Waals surface area (Å²) in [6.45, 7) is 2.15. The maximum Gasteiger partial charge on any atom is 0.231 e. The Labute approximate surface area is 149 Å². The summed E-state index contributed by atoms with van der Waals surface area (Å²) in [5.41, 5.74) is 1.46. The van der Waals surface area contributed by atoms with E-state index >= 15 is 0 Å². The molecule has 0 unspecified atom stereocenters. The van der Waals surface area contributed by atoms with Crippen molar-refractivity contribution >= 4 is 34.0 Å². The quantitative estimate of drug-likeness (QED) is 0.885. The van der Waals surface area contributed by atoms with Gasteiger partial charge in [-0.3, -0.25) is 9.59 Å². The molecule has 0 saturated carbocycles. The van der Waals surface area contributed by atoms with Crippen molar-refractivity contribution in [2.75, 3.05) is 31.0 Å². The van der Waals surface area contributed by atoms with Crippen LogP contribution in [-0.2, 0) is 9.59 Å². The fourth-order valence-corrected chi connectivity index (χ4v) is 3.43. The van der Waals surface area contributed by atoms with Gasteiger partial charge in [0.05, 0.1) is 31.5 Å². The molecule has 2 heterocycles. The molecular formula is C17H19N3O4S. The van der Waals surface area contributed by atoms with Gasteiger partial charge in [0.2, 0.25) is 11.8 Å². The van der Waals surface area contributed by atoms with E-state index in [4.69, 9.17) is 9.47 Å². The number of hydrogen-bond acceptors (Lipinski definition) is 6. The van der Waals surface area contributed by atoms with E-state index in [0.29, 0.717) is 28.9 Å². The van der Waals surface area contributed by atoms with Crippen LogP contribution in [0.15, 0.2) is 23.6 Å². The van der Waals surface area contributed by atoms with Crippen molar-refractivity contribution in [2.24, 2.45) is 5.92 Å². The molecule has 1 aliphatic heterocycles. The summed E-state index contributed by atoms with van der Waals surface area (Å²) >= 11 is 1.37. The SMILES string of the molecule is COc1ccc(OC)c(N2C[C@H](C(=O)Nc3nc(C)cs3)CC2=O)c1. The van der Waals surface area contributed by atoms with Gasteiger partial charge < -0.3 is 19.7 Å². The third kappa shape index (κ3) is 3.58. The maximum absolute atomic E-state index is 12.5. The Morgan fingerprint density at radius 1 is 1.36 bits per heavy atom. The molecule has 1 N–H and O–H groups in total. The molecule has 3 rings (SSSR count). The van der Waals surface area contributed by atoms with Crippen LogP contribution in [-0.4, -0.2) is 37.6 Å². The Bertz CT molecular complexity index is 805. The average molecular weight is 361 g/mol. The highest BCUT2D eigenvalue weighted by molar-refractivity contribution is 7.13. The Hall–Kier alpha value is -2.61. The van der Waals surface area contributed by atoms with Crippen molar-refractivity contribution in [3.8, 4) is 11.5 Å². The highest BCUT2D eigenvalue weighted by atomic mass is 32.1. The first-order valence-corrected chi connectivity index (χ1v) is 8.65. The van der Waals surface area contributed by atoms with Crippen molar-refractivity contribution in [1.82, 2.24) is 4.98 Å². The maximum atomic E-state index is 12.5. The van der Waals surface area contributed by atoms with Crippen LogP contribution in [0.1, 0.15) is 12.1 Å². The third-order valence-electron chi connectivity index (χ3n) is 4.02. The molecule has 1 aromatic carbocycles. The molecule has 25 heavy (non-hydrogen) atoms. The Morgan fingerprint density at radius 3 is 2.80 bits per heavy atom. The minimum absolute atomic E-state index is 0.123. The van der Waals surface area contributed by atoms with Gasteiger partial charge in [0.25, 0.3) is 0 Å². The summed E-state index contributed by atoms with van der Waals surface area (Å²) in [6.07, 6.45) is 0.149. The monoisotopic (exact) mass is 361 g/mol. The molecule has 0 aliphatic carbocycles. The molecule has 132 valence electrons. The Morgan fingerprint density at radius 2 is 2.16 bits per heavy atom. The molecular weight excluding hydrogens is 342 g/mol. The van der Waals surface area contributed by atoms with Gasteiger partial charge in [-0.2, -0.15) is 0 Å². The van der Waals surface area contributed by atoms with E-state index in [-0.39, 0.29) is 18.2 Å². The summed E-state index contributed by atoms with van der Waals surface area (Å²) in [4.78, 5) is 30.7. The number of anilines is 2. The first-order chi connectivity index (χ1) is 12.0. The van der Waals surface area contributed by atoms with Gasteiger partial charge in [-0.25, -0.2) is 4.98 Å². The third-order valence-corrected chi connectivity index (χ3v) is 4.90. The first kappa shape index (κ1) is 17.2. The summed E-state index contributed by atoms with van der Waals surface area (Å²) in [6, 6.07) is 5.24. The molecule has 1 fully saturated rings. The van der Waals surface area contributed by atoms with Gasteiger partial charge in [0.1, 0.15) is 11.5 Å². The van der Waals surface area contributed by atoms with Crippen molar-refractivity contribution in [3.05, 3.63) is 29.3 Å². The lowest BCUT2D eigenvalue weighted by molar-refractivity contribution is -0.122. The predicted octanol–water partition coefficient (Wildman–Crippen LogP) is 2.46. The molecule has 2 aromatic rings. The second-order valence-corrected chi connectivity index (χ2v) is 6.58. The zero-order valence-electron chi connectivity index (χ0n) is 14.2. The standard InChI is InChI=1S/C17H19N3O4S/c1-10-9-25-17(18-10)19-16(22)11-6-15(21)20(8-11)13-7-12(23-2)4-5-14(13)24-3/h4-5,7,9,11H,6,8H2,1-3H3,(H,18,19,22)/t11-/m1/s1. The van der Waals surface area contributed by atoms with Gasteiger partial charge in [-0.15, -0.1) is 11.3 Å². The minimum Gasteiger partial charge on any atom is -0.497 e. The molecule has 0 bridgehead atoms. The van der Waals surface area contributed by atoms with Crippen LogP contribution in [0.2, 0.25) is 0 Å². The van der Waals surface area contributed by atoms with Crippen LogP contribution in [0.3, 0.4) is 0 Å². The molecule has 8 heteroatoms. The normalized spacial score (nSPS) is 16.8. The molecule has 7 nitrogen and oxygen atoms in total. The van der Waals surface area contributed by atoms with Crippen LogP contribution in [0.4, 0.5) is 10.8 Å². The van der Waals surface area contributed by atoms with Gasteiger partial charge in [-0.1, -0.05) is 0 Å². The zero-order chi connectivity index (χ0) is 18.0. The minimum atomic E-state index is -0.437. The highest BCUT2D eigenvalue weighted by Crippen LogP contribution is 2.36. The molecule has 0 spiro atoms. The second kappa shape index (κ2) is 7.10. The molecule has 0 radical (unpaired) electrons. The van der Waals surface area contributed by atoms with E-state index in [1.54, 1.807) is 37.3 Å². The van der Waals surface area contributed by atoms with Gasteiger partial charge >= 0.3 is 0 Å². The molecule has 1 aromatic heterocycles. The van der Waals surface area contributed by atoms with E-state index in [1.165, 1.54) is 11.3 Å². The van der Waals surface area contributed by atoms with Crippen molar-refractivity contribution in [1.29, 1.82) is 0 Å². The van der Waals surface area contributed by atoms with Crippen LogP contribution < -0.4 is 19.7 Å². The van der Waals surface area contributed by atoms with E-state index in [0.717, 1.165) is 5.69 Å². The topological polar surface area (TPSA) is 80.8 Å². The number of carbonyl (C=O) groups excluding carboxylic acids is 2. The highest BCUT2D eigenvalue weighted by Gasteiger charge is 2.36.